The SMILES string of the molecule is CCN(CC)C(=O)CNC(C)c1ccc(Br)cc1Br. The van der Waals surface area contributed by atoms with Crippen LogP contribution < -0.4 is 5.32 Å². The molecule has 0 saturated heterocycles. The van der Waals surface area contributed by atoms with Crippen molar-refractivity contribution in [3.05, 3.63) is 32.7 Å². The number of likely N-dealkylation sites (N-methyl/N-ethyl adjacent to an activating group) is 1. The highest BCUT2D eigenvalue weighted by Gasteiger charge is 2.13. The first-order chi connectivity index (χ1) is 8.99. The molecule has 0 aromatic heterocycles. The Morgan fingerprint density at radius 3 is 2.47 bits per heavy atom. The molecule has 0 bridgehead atoms. The van der Waals surface area contributed by atoms with Crippen molar-refractivity contribution in [1.82, 2.24) is 10.2 Å². The van der Waals surface area contributed by atoms with E-state index in [4.69, 9.17) is 0 Å². The summed E-state index contributed by atoms with van der Waals surface area (Å²) >= 11 is 6.98. The molecule has 0 aliphatic rings. The van der Waals surface area contributed by atoms with E-state index in [1.165, 1.54) is 0 Å². The van der Waals surface area contributed by atoms with Crippen LogP contribution in [-0.2, 0) is 4.79 Å². The molecule has 1 rings (SSSR count). The lowest BCUT2D eigenvalue weighted by Gasteiger charge is -2.21. The highest BCUT2D eigenvalue weighted by atomic mass is 79.9. The van der Waals surface area contributed by atoms with Crippen molar-refractivity contribution in [3.63, 3.8) is 0 Å². The molecule has 1 amide bonds. The lowest BCUT2D eigenvalue weighted by atomic mass is 10.1. The standard InChI is InChI=1S/C14H20Br2N2O/c1-4-18(5-2)14(19)9-17-10(3)12-7-6-11(15)8-13(12)16/h6-8,10,17H,4-5,9H2,1-3H3. The fourth-order valence-electron chi connectivity index (χ4n) is 1.89. The molecule has 1 N–H and O–H groups in total. The van der Waals surface area contributed by atoms with Gasteiger partial charge in [0.1, 0.15) is 0 Å². The van der Waals surface area contributed by atoms with E-state index in [1.807, 2.05) is 36.9 Å². The zero-order valence-electron chi connectivity index (χ0n) is 11.5. The van der Waals surface area contributed by atoms with Gasteiger partial charge in [0.25, 0.3) is 0 Å². The lowest BCUT2D eigenvalue weighted by Crippen LogP contribution is -2.38. The minimum atomic E-state index is 0.127. The monoisotopic (exact) mass is 390 g/mol. The molecule has 1 aromatic rings. The second-order valence-corrected chi connectivity index (χ2v) is 6.10. The van der Waals surface area contributed by atoms with Crippen molar-refractivity contribution >= 4 is 37.8 Å². The Morgan fingerprint density at radius 1 is 1.32 bits per heavy atom. The Morgan fingerprint density at radius 2 is 1.95 bits per heavy atom. The van der Waals surface area contributed by atoms with Crippen molar-refractivity contribution < 1.29 is 4.79 Å². The first kappa shape index (κ1) is 16.7. The first-order valence-electron chi connectivity index (χ1n) is 6.45. The summed E-state index contributed by atoms with van der Waals surface area (Å²) in [7, 11) is 0. The minimum Gasteiger partial charge on any atom is -0.342 e. The van der Waals surface area contributed by atoms with E-state index < -0.39 is 0 Å². The maximum atomic E-state index is 11.9. The van der Waals surface area contributed by atoms with E-state index in [0.717, 1.165) is 27.6 Å². The quantitative estimate of drug-likeness (QED) is 0.801. The van der Waals surface area contributed by atoms with E-state index in [1.54, 1.807) is 0 Å². The maximum Gasteiger partial charge on any atom is 0.236 e. The van der Waals surface area contributed by atoms with Crippen LogP contribution in [0.1, 0.15) is 32.4 Å². The van der Waals surface area contributed by atoms with Crippen LogP contribution in [0.25, 0.3) is 0 Å². The number of benzene rings is 1. The molecule has 1 aromatic carbocycles. The Kier molecular flexibility index (Phi) is 7.04. The molecule has 0 aliphatic heterocycles. The van der Waals surface area contributed by atoms with E-state index in [2.05, 4.69) is 44.1 Å². The predicted octanol–water partition coefficient (Wildman–Crippen LogP) is 3.73. The van der Waals surface area contributed by atoms with Crippen LogP contribution in [-0.4, -0.2) is 30.4 Å². The summed E-state index contributed by atoms with van der Waals surface area (Å²) in [6.45, 7) is 7.93. The van der Waals surface area contributed by atoms with Gasteiger partial charge < -0.3 is 10.2 Å². The van der Waals surface area contributed by atoms with Gasteiger partial charge in [-0.2, -0.15) is 0 Å². The Labute approximate surface area is 132 Å². The van der Waals surface area contributed by atoms with Crippen LogP contribution in [0.4, 0.5) is 0 Å². The molecule has 3 nitrogen and oxygen atoms in total. The Hall–Kier alpha value is -0.390. The molecule has 19 heavy (non-hydrogen) atoms. The van der Waals surface area contributed by atoms with Crippen LogP contribution in [0.2, 0.25) is 0 Å². The van der Waals surface area contributed by atoms with Crippen molar-refractivity contribution in [2.24, 2.45) is 0 Å². The normalized spacial score (nSPS) is 12.3. The van der Waals surface area contributed by atoms with Gasteiger partial charge in [-0.3, -0.25) is 4.79 Å². The third kappa shape index (κ3) is 4.89. The van der Waals surface area contributed by atoms with Crippen LogP contribution in [0.3, 0.4) is 0 Å². The van der Waals surface area contributed by atoms with Gasteiger partial charge in [0, 0.05) is 28.1 Å². The number of carbonyl (C=O) groups is 1. The molecule has 0 radical (unpaired) electrons. The van der Waals surface area contributed by atoms with Crippen LogP contribution in [0, 0.1) is 0 Å². The lowest BCUT2D eigenvalue weighted by molar-refractivity contribution is -0.129. The number of halogens is 2. The van der Waals surface area contributed by atoms with Crippen LogP contribution in [0.15, 0.2) is 27.1 Å². The molecule has 1 atom stereocenters. The number of nitrogens with zero attached hydrogens (tertiary/aromatic N) is 1. The molecule has 0 aliphatic carbocycles. The predicted molar refractivity (Wildman–Crippen MR) is 86.2 cm³/mol. The van der Waals surface area contributed by atoms with E-state index in [0.29, 0.717) is 6.54 Å². The van der Waals surface area contributed by atoms with Gasteiger partial charge >= 0.3 is 0 Å². The highest BCUT2D eigenvalue weighted by molar-refractivity contribution is 9.11. The average Bonchev–Trinajstić information content (AvgIpc) is 2.37. The van der Waals surface area contributed by atoms with E-state index >= 15 is 0 Å². The fourth-order valence-corrected chi connectivity index (χ4v) is 3.28. The van der Waals surface area contributed by atoms with E-state index in [9.17, 15) is 4.79 Å². The Balaban J connectivity index is 2.60. The number of rotatable bonds is 6. The fraction of sp³-hybridized carbons (Fsp3) is 0.500. The molecular formula is C14H20Br2N2O. The maximum absolute atomic E-state index is 11.9. The third-order valence-electron chi connectivity index (χ3n) is 3.10. The van der Waals surface area contributed by atoms with Crippen molar-refractivity contribution in [2.75, 3.05) is 19.6 Å². The number of hydrogen-bond donors (Lipinski definition) is 1. The molecule has 0 saturated carbocycles. The van der Waals surface area contributed by atoms with Gasteiger partial charge in [0.05, 0.1) is 6.54 Å². The first-order valence-corrected chi connectivity index (χ1v) is 8.04. The molecule has 5 heteroatoms. The number of hydrogen-bond acceptors (Lipinski definition) is 2. The summed E-state index contributed by atoms with van der Waals surface area (Å²) in [5.41, 5.74) is 1.15. The summed E-state index contributed by atoms with van der Waals surface area (Å²) in [5, 5.41) is 3.27. The Bertz CT molecular complexity index is 433. The molecule has 0 heterocycles. The minimum absolute atomic E-state index is 0.127. The topological polar surface area (TPSA) is 32.3 Å². The second-order valence-electron chi connectivity index (χ2n) is 4.33. The van der Waals surface area contributed by atoms with Crippen LogP contribution in [0.5, 0.6) is 0 Å². The number of carbonyl (C=O) groups excluding carboxylic acids is 1. The van der Waals surface area contributed by atoms with Gasteiger partial charge in [-0.25, -0.2) is 0 Å². The molecule has 0 fully saturated rings. The molecular weight excluding hydrogens is 372 g/mol. The number of amides is 1. The molecule has 0 spiro atoms. The zero-order chi connectivity index (χ0) is 14.4. The van der Waals surface area contributed by atoms with E-state index in [-0.39, 0.29) is 11.9 Å². The average molecular weight is 392 g/mol. The molecule has 106 valence electrons. The zero-order valence-corrected chi connectivity index (χ0v) is 14.7. The summed E-state index contributed by atoms with van der Waals surface area (Å²) in [4.78, 5) is 13.8. The van der Waals surface area contributed by atoms with Gasteiger partial charge in [0.2, 0.25) is 5.91 Å². The summed E-state index contributed by atoms with van der Waals surface area (Å²) in [5.74, 6) is 0.144. The van der Waals surface area contributed by atoms with Gasteiger partial charge in [-0.1, -0.05) is 37.9 Å². The second kappa shape index (κ2) is 8.02. The molecule has 1 unspecified atom stereocenters. The van der Waals surface area contributed by atoms with Crippen LogP contribution >= 0.6 is 31.9 Å². The van der Waals surface area contributed by atoms with Gasteiger partial charge in [0.15, 0.2) is 0 Å². The smallest absolute Gasteiger partial charge is 0.236 e. The number of nitrogens with one attached hydrogen (secondary N) is 1. The largest absolute Gasteiger partial charge is 0.342 e. The van der Waals surface area contributed by atoms with Crippen molar-refractivity contribution in [1.29, 1.82) is 0 Å². The van der Waals surface area contributed by atoms with Gasteiger partial charge in [-0.15, -0.1) is 0 Å². The van der Waals surface area contributed by atoms with Crippen molar-refractivity contribution in [2.45, 2.75) is 26.8 Å². The summed E-state index contributed by atoms with van der Waals surface area (Å²) in [6.07, 6.45) is 0. The summed E-state index contributed by atoms with van der Waals surface area (Å²) < 4.78 is 2.08. The van der Waals surface area contributed by atoms with Crippen molar-refractivity contribution in [3.8, 4) is 0 Å². The summed E-state index contributed by atoms with van der Waals surface area (Å²) in [6, 6.07) is 6.19. The highest BCUT2D eigenvalue weighted by Crippen LogP contribution is 2.26. The van der Waals surface area contributed by atoms with Gasteiger partial charge in [-0.05, 0) is 38.5 Å². The third-order valence-corrected chi connectivity index (χ3v) is 4.28.